The molecule has 5 heteroatoms. The Labute approximate surface area is 122 Å². The van der Waals surface area contributed by atoms with Crippen LogP contribution in [-0.4, -0.2) is 17.0 Å². The molecular formula is C15H16ClNO3. The minimum Gasteiger partial charge on any atom is -0.478 e. The van der Waals surface area contributed by atoms with Gasteiger partial charge in [-0.3, -0.25) is 4.79 Å². The van der Waals surface area contributed by atoms with Crippen molar-refractivity contribution in [1.82, 2.24) is 0 Å². The number of anilines is 1. The average Bonchev–Trinajstić information content (AvgIpc) is 3.12. The third kappa shape index (κ3) is 2.52. The summed E-state index contributed by atoms with van der Waals surface area (Å²) in [5.74, 6) is 0.108. The molecule has 3 rings (SSSR count). The topological polar surface area (TPSA) is 66.4 Å². The fourth-order valence-electron chi connectivity index (χ4n) is 3.39. The Bertz CT molecular complexity index is 560. The van der Waals surface area contributed by atoms with Crippen LogP contribution >= 0.6 is 11.6 Å². The number of carboxylic acids is 1. The summed E-state index contributed by atoms with van der Waals surface area (Å²) in [5, 5.41) is 12.1. The van der Waals surface area contributed by atoms with Gasteiger partial charge in [0.15, 0.2) is 0 Å². The Morgan fingerprint density at radius 2 is 1.80 bits per heavy atom. The number of carbonyl (C=O) groups excluding carboxylic acids is 1. The van der Waals surface area contributed by atoms with Gasteiger partial charge in [0, 0.05) is 16.6 Å². The molecule has 20 heavy (non-hydrogen) atoms. The fourth-order valence-corrected chi connectivity index (χ4v) is 3.63. The SMILES string of the molecule is O=C(O)c1cc(Cl)cc(NC(=O)C2C3CCCCC32)c1. The van der Waals surface area contributed by atoms with Crippen LogP contribution < -0.4 is 5.32 Å². The van der Waals surface area contributed by atoms with Crippen LogP contribution in [0, 0.1) is 17.8 Å². The second-order valence-electron chi connectivity index (χ2n) is 5.66. The summed E-state index contributed by atoms with van der Waals surface area (Å²) >= 11 is 5.88. The monoisotopic (exact) mass is 293 g/mol. The highest BCUT2D eigenvalue weighted by Gasteiger charge is 2.54. The number of aromatic carboxylic acids is 1. The molecule has 0 heterocycles. The molecule has 1 aromatic rings. The highest BCUT2D eigenvalue weighted by atomic mass is 35.5. The standard InChI is InChI=1S/C15H16ClNO3/c16-9-5-8(15(19)20)6-10(7-9)17-14(18)13-11-3-1-2-4-12(11)13/h5-7,11-13H,1-4H2,(H,17,18)(H,19,20). The summed E-state index contributed by atoms with van der Waals surface area (Å²) in [5.41, 5.74) is 0.546. The Morgan fingerprint density at radius 3 is 2.40 bits per heavy atom. The quantitative estimate of drug-likeness (QED) is 0.897. The predicted octanol–water partition coefficient (Wildman–Crippen LogP) is 3.41. The third-order valence-corrected chi connectivity index (χ3v) is 4.59. The minimum atomic E-state index is -1.05. The van der Waals surface area contributed by atoms with Gasteiger partial charge < -0.3 is 10.4 Å². The van der Waals surface area contributed by atoms with Gasteiger partial charge >= 0.3 is 5.97 Å². The van der Waals surface area contributed by atoms with Crippen molar-refractivity contribution >= 4 is 29.2 Å². The summed E-state index contributed by atoms with van der Waals surface area (Å²) in [6.07, 6.45) is 4.70. The molecule has 2 aliphatic rings. The molecular weight excluding hydrogens is 278 g/mol. The molecule has 0 saturated heterocycles. The summed E-state index contributed by atoms with van der Waals surface area (Å²) in [7, 11) is 0. The van der Waals surface area contributed by atoms with E-state index in [0.717, 1.165) is 12.8 Å². The van der Waals surface area contributed by atoms with Gasteiger partial charge in [0.25, 0.3) is 0 Å². The van der Waals surface area contributed by atoms with Crippen molar-refractivity contribution in [1.29, 1.82) is 0 Å². The Hall–Kier alpha value is -1.55. The molecule has 1 amide bonds. The number of rotatable bonds is 3. The number of hydrogen-bond acceptors (Lipinski definition) is 2. The van der Waals surface area contributed by atoms with Gasteiger partial charge in [0.1, 0.15) is 0 Å². The van der Waals surface area contributed by atoms with Crippen LogP contribution in [0.4, 0.5) is 5.69 Å². The van der Waals surface area contributed by atoms with E-state index in [9.17, 15) is 9.59 Å². The number of amides is 1. The second-order valence-corrected chi connectivity index (χ2v) is 6.10. The van der Waals surface area contributed by atoms with E-state index in [-0.39, 0.29) is 17.4 Å². The lowest BCUT2D eigenvalue weighted by atomic mass is 10.0. The van der Waals surface area contributed by atoms with Crippen molar-refractivity contribution in [2.24, 2.45) is 17.8 Å². The maximum Gasteiger partial charge on any atom is 0.335 e. The van der Waals surface area contributed by atoms with Crippen molar-refractivity contribution in [3.8, 4) is 0 Å². The first-order chi connectivity index (χ1) is 9.56. The van der Waals surface area contributed by atoms with Crippen LogP contribution in [0.2, 0.25) is 5.02 Å². The minimum absolute atomic E-state index is 0.000468. The molecule has 2 unspecified atom stereocenters. The fraction of sp³-hybridized carbons (Fsp3) is 0.467. The number of hydrogen-bond donors (Lipinski definition) is 2. The lowest BCUT2D eigenvalue weighted by Crippen LogP contribution is -2.16. The largest absolute Gasteiger partial charge is 0.478 e. The van der Waals surface area contributed by atoms with Crippen LogP contribution in [0.25, 0.3) is 0 Å². The zero-order chi connectivity index (χ0) is 14.3. The second kappa shape index (κ2) is 5.09. The maximum absolute atomic E-state index is 12.2. The van der Waals surface area contributed by atoms with E-state index in [2.05, 4.69) is 5.32 Å². The van der Waals surface area contributed by atoms with Crippen molar-refractivity contribution in [2.75, 3.05) is 5.32 Å². The van der Waals surface area contributed by atoms with E-state index in [1.165, 1.54) is 25.0 Å². The van der Waals surface area contributed by atoms with Crippen LogP contribution in [0.1, 0.15) is 36.0 Å². The summed E-state index contributed by atoms with van der Waals surface area (Å²) in [6.45, 7) is 0. The predicted molar refractivity (Wildman–Crippen MR) is 76.0 cm³/mol. The highest BCUT2D eigenvalue weighted by Crippen LogP contribution is 2.55. The van der Waals surface area contributed by atoms with E-state index >= 15 is 0 Å². The molecule has 0 spiro atoms. The molecule has 2 saturated carbocycles. The Kier molecular flexibility index (Phi) is 3.42. The molecule has 1 aromatic carbocycles. The van der Waals surface area contributed by atoms with Gasteiger partial charge in [0.05, 0.1) is 5.56 Å². The first-order valence-corrected chi connectivity index (χ1v) is 7.29. The van der Waals surface area contributed by atoms with Gasteiger partial charge in [-0.15, -0.1) is 0 Å². The molecule has 2 fully saturated rings. The molecule has 4 nitrogen and oxygen atoms in total. The van der Waals surface area contributed by atoms with Crippen molar-refractivity contribution in [2.45, 2.75) is 25.7 Å². The maximum atomic E-state index is 12.2. The van der Waals surface area contributed by atoms with Crippen LogP contribution in [-0.2, 0) is 4.79 Å². The van der Waals surface area contributed by atoms with Gasteiger partial charge in [-0.1, -0.05) is 24.4 Å². The summed E-state index contributed by atoms with van der Waals surface area (Å²) in [6, 6.07) is 4.40. The van der Waals surface area contributed by atoms with Crippen molar-refractivity contribution in [3.05, 3.63) is 28.8 Å². The lowest BCUT2D eigenvalue weighted by Gasteiger charge is -2.06. The smallest absolute Gasteiger partial charge is 0.335 e. The van der Waals surface area contributed by atoms with Gasteiger partial charge in [0.2, 0.25) is 5.91 Å². The van der Waals surface area contributed by atoms with Crippen molar-refractivity contribution < 1.29 is 14.7 Å². The first-order valence-electron chi connectivity index (χ1n) is 6.91. The Morgan fingerprint density at radius 1 is 1.15 bits per heavy atom. The first kappa shape index (κ1) is 13.4. The highest BCUT2D eigenvalue weighted by molar-refractivity contribution is 6.31. The molecule has 2 N–H and O–H groups in total. The van der Waals surface area contributed by atoms with E-state index in [1.54, 1.807) is 6.07 Å². The molecule has 0 radical (unpaired) electrons. The zero-order valence-electron chi connectivity index (χ0n) is 10.9. The number of carbonyl (C=O) groups is 2. The van der Waals surface area contributed by atoms with Gasteiger partial charge in [-0.2, -0.15) is 0 Å². The number of carboxylic acid groups (broad SMARTS) is 1. The molecule has 0 bridgehead atoms. The average molecular weight is 294 g/mol. The van der Waals surface area contributed by atoms with E-state index < -0.39 is 5.97 Å². The van der Waals surface area contributed by atoms with Crippen LogP contribution in [0.5, 0.6) is 0 Å². The summed E-state index contributed by atoms with van der Waals surface area (Å²) < 4.78 is 0. The number of benzene rings is 1. The zero-order valence-corrected chi connectivity index (χ0v) is 11.7. The molecule has 2 aliphatic carbocycles. The third-order valence-electron chi connectivity index (χ3n) is 4.37. The van der Waals surface area contributed by atoms with Crippen LogP contribution in [0.3, 0.4) is 0 Å². The number of halogens is 1. The summed E-state index contributed by atoms with van der Waals surface area (Å²) in [4.78, 5) is 23.2. The lowest BCUT2D eigenvalue weighted by molar-refractivity contribution is -0.117. The number of fused-ring (bicyclic) bond motifs is 1. The van der Waals surface area contributed by atoms with Gasteiger partial charge in [-0.05, 0) is 42.9 Å². The van der Waals surface area contributed by atoms with E-state index in [4.69, 9.17) is 16.7 Å². The molecule has 106 valence electrons. The molecule has 0 aliphatic heterocycles. The molecule has 2 atom stereocenters. The van der Waals surface area contributed by atoms with E-state index in [1.807, 2.05) is 0 Å². The molecule has 0 aromatic heterocycles. The van der Waals surface area contributed by atoms with Gasteiger partial charge in [-0.25, -0.2) is 4.79 Å². The normalized spacial score (nSPS) is 27.6. The van der Waals surface area contributed by atoms with Crippen LogP contribution in [0.15, 0.2) is 18.2 Å². The Balaban J connectivity index is 1.71. The van der Waals surface area contributed by atoms with Crippen molar-refractivity contribution in [3.63, 3.8) is 0 Å². The van der Waals surface area contributed by atoms with E-state index in [0.29, 0.717) is 22.5 Å². The number of nitrogens with one attached hydrogen (secondary N) is 1.